The van der Waals surface area contributed by atoms with E-state index >= 15 is 0 Å². The van der Waals surface area contributed by atoms with Gasteiger partial charge in [0.15, 0.2) is 11.5 Å². The van der Waals surface area contributed by atoms with Gasteiger partial charge in [-0.3, -0.25) is 0 Å². The first-order chi connectivity index (χ1) is 11.5. The van der Waals surface area contributed by atoms with Crippen LogP contribution in [0.15, 0.2) is 12.1 Å². The number of phenols is 1. The van der Waals surface area contributed by atoms with Crippen molar-refractivity contribution < 1.29 is 19.7 Å². The molecule has 1 heterocycles. The van der Waals surface area contributed by atoms with Gasteiger partial charge in [0.2, 0.25) is 0 Å². The molecule has 2 bridgehead atoms. The number of ether oxygens (including phenoxy) is 2. The zero-order valence-corrected chi connectivity index (χ0v) is 14.7. The van der Waals surface area contributed by atoms with Gasteiger partial charge >= 0.3 is 0 Å². The van der Waals surface area contributed by atoms with Crippen LogP contribution in [0.3, 0.4) is 0 Å². The maximum Gasteiger partial charge on any atom is 0.161 e. The molecule has 0 spiro atoms. The summed E-state index contributed by atoms with van der Waals surface area (Å²) < 4.78 is 11.0. The molecule has 4 rings (SSSR count). The predicted molar refractivity (Wildman–Crippen MR) is 90.6 cm³/mol. The molecule has 0 unspecified atom stereocenters. The lowest BCUT2D eigenvalue weighted by molar-refractivity contribution is -0.114. The molecule has 1 saturated carbocycles. The van der Waals surface area contributed by atoms with Gasteiger partial charge < -0.3 is 24.6 Å². The number of aliphatic hydroxyl groups is 1. The first-order valence-corrected chi connectivity index (χ1v) is 8.82. The van der Waals surface area contributed by atoms with Gasteiger partial charge in [0.1, 0.15) is 0 Å². The molecule has 5 heteroatoms. The average molecular weight is 333 g/mol. The lowest BCUT2D eigenvalue weighted by Gasteiger charge is -2.60. The number of likely N-dealkylation sites (N-methyl/N-ethyl adjacent to an activating group) is 1. The second-order valence-corrected chi connectivity index (χ2v) is 7.70. The number of aliphatic hydroxyl groups excluding tert-OH is 1. The molecule has 132 valence electrons. The molecule has 1 saturated heterocycles. The Hall–Kier alpha value is -1.30. The summed E-state index contributed by atoms with van der Waals surface area (Å²) >= 11 is 0. The van der Waals surface area contributed by atoms with Gasteiger partial charge in [0.05, 0.1) is 19.3 Å². The number of benzene rings is 1. The van der Waals surface area contributed by atoms with Crippen LogP contribution in [0.4, 0.5) is 0 Å². The normalized spacial score (nSPS) is 38.3. The van der Waals surface area contributed by atoms with Crippen LogP contribution in [0.2, 0.25) is 0 Å². The van der Waals surface area contributed by atoms with Crippen LogP contribution in [0, 0.1) is 5.92 Å². The fourth-order valence-electron chi connectivity index (χ4n) is 5.63. The summed E-state index contributed by atoms with van der Waals surface area (Å²) in [7, 11) is 5.45. The predicted octanol–water partition coefficient (Wildman–Crippen LogP) is 1.68. The maximum atomic E-state index is 10.9. The number of phenolic OH excluding ortho intramolecular Hbond substituents is 1. The van der Waals surface area contributed by atoms with Gasteiger partial charge in [-0.25, -0.2) is 0 Å². The summed E-state index contributed by atoms with van der Waals surface area (Å²) in [6, 6.07) is 4.38. The van der Waals surface area contributed by atoms with E-state index in [1.165, 1.54) is 5.56 Å². The number of piperidine rings is 1. The lowest BCUT2D eigenvalue weighted by Crippen LogP contribution is -2.63. The fourth-order valence-corrected chi connectivity index (χ4v) is 5.63. The van der Waals surface area contributed by atoms with Gasteiger partial charge in [-0.1, -0.05) is 6.07 Å². The third-order valence-corrected chi connectivity index (χ3v) is 6.82. The second kappa shape index (κ2) is 5.61. The molecule has 2 aliphatic carbocycles. The summed E-state index contributed by atoms with van der Waals surface area (Å²) in [5.74, 6) is 1.16. The molecule has 1 aromatic rings. The Bertz CT molecular complexity index is 648. The van der Waals surface area contributed by atoms with E-state index in [1.54, 1.807) is 14.2 Å². The van der Waals surface area contributed by atoms with Crippen molar-refractivity contribution in [2.75, 3.05) is 27.8 Å². The van der Waals surface area contributed by atoms with E-state index in [4.69, 9.17) is 9.47 Å². The van der Waals surface area contributed by atoms with Gasteiger partial charge in [0.25, 0.3) is 0 Å². The number of fused-ring (bicyclic) bond motifs is 1. The first kappa shape index (κ1) is 16.2. The highest BCUT2D eigenvalue weighted by molar-refractivity contribution is 5.56. The van der Waals surface area contributed by atoms with Crippen LogP contribution in [0.5, 0.6) is 11.5 Å². The third kappa shape index (κ3) is 2.04. The SMILES string of the molecule is COc1ccc2c(c1O)[C@]13CCN(C)[C@H](C2)[C@@H]1C[C@H](O)[C@H](OC)C3. The number of aromatic hydroxyl groups is 1. The Morgan fingerprint density at radius 3 is 2.79 bits per heavy atom. The van der Waals surface area contributed by atoms with E-state index in [-0.39, 0.29) is 17.3 Å². The zero-order chi connectivity index (χ0) is 17.1. The lowest BCUT2D eigenvalue weighted by atomic mass is 9.51. The Labute approximate surface area is 143 Å². The van der Waals surface area contributed by atoms with Crippen LogP contribution in [0.1, 0.15) is 30.4 Å². The molecule has 5 atom stereocenters. The van der Waals surface area contributed by atoms with E-state index in [2.05, 4.69) is 18.0 Å². The van der Waals surface area contributed by atoms with Crippen LogP contribution >= 0.6 is 0 Å². The number of hydrogen-bond acceptors (Lipinski definition) is 5. The second-order valence-electron chi connectivity index (χ2n) is 7.70. The van der Waals surface area contributed by atoms with Crippen molar-refractivity contribution >= 4 is 0 Å². The van der Waals surface area contributed by atoms with E-state index < -0.39 is 6.10 Å². The van der Waals surface area contributed by atoms with Crippen LogP contribution < -0.4 is 4.74 Å². The van der Waals surface area contributed by atoms with Crippen molar-refractivity contribution in [3.8, 4) is 11.5 Å². The molecule has 0 radical (unpaired) electrons. The third-order valence-electron chi connectivity index (χ3n) is 6.82. The van der Waals surface area contributed by atoms with Crippen molar-refractivity contribution in [1.29, 1.82) is 0 Å². The number of nitrogens with zero attached hydrogens (tertiary/aromatic N) is 1. The monoisotopic (exact) mass is 333 g/mol. The number of hydrogen-bond donors (Lipinski definition) is 2. The molecule has 2 N–H and O–H groups in total. The molecule has 2 fully saturated rings. The van der Waals surface area contributed by atoms with Crippen molar-refractivity contribution in [1.82, 2.24) is 4.90 Å². The topological polar surface area (TPSA) is 62.2 Å². The first-order valence-electron chi connectivity index (χ1n) is 8.82. The number of rotatable bonds is 2. The van der Waals surface area contributed by atoms with Gasteiger partial charge in [-0.15, -0.1) is 0 Å². The Kier molecular flexibility index (Phi) is 3.79. The van der Waals surface area contributed by atoms with E-state index in [0.717, 1.165) is 37.8 Å². The van der Waals surface area contributed by atoms with Crippen molar-refractivity contribution in [2.24, 2.45) is 5.92 Å². The zero-order valence-electron chi connectivity index (χ0n) is 14.7. The molecule has 1 aromatic carbocycles. The molecule has 5 nitrogen and oxygen atoms in total. The summed E-state index contributed by atoms with van der Waals surface area (Å²) in [5.41, 5.74) is 2.13. The molecule has 3 aliphatic rings. The highest BCUT2D eigenvalue weighted by Crippen LogP contribution is 2.59. The Morgan fingerprint density at radius 2 is 2.08 bits per heavy atom. The Morgan fingerprint density at radius 1 is 1.29 bits per heavy atom. The summed E-state index contributed by atoms with van der Waals surface area (Å²) in [5, 5.41) is 21.5. The molecule has 0 amide bonds. The summed E-state index contributed by atoms with van der Waals surface area (Å²) in [6.07, 6.45) is 2.76. The minimum absolute atomic E-state index is 0.136. The summed E-state index contributed by atoms with van der Waals surface area (Å²) in [4.78, 5) is 2.42. The largest absolute Gasteiger partial charge is 0.504 e. The molecular weight excluding hydrogens is 306 g/mol. The number of methoxy groups -OCH3 is 2. The summed E-state index contributed by atoms with van der Waals surface area (Å²) in [6.45, 7) is 1.00. The average Bonchev–Trinajstić information content (AvgIpc) is 2.58. The maximum absolute atomic E-state index is 10.9. The van der Waals surface area contributed by atoms with Gasteiger partial charge in [-0.05, 0) is 56.8 Å². The molecule has 0 aromatic heterocycles. The van der Waals surface area contributed by atoms with Crippen molar-refractivity contribution in [2.45, 2.75) is 49.3 Å². The quantitative estimate of drug-likeness (QED) is 0.862. The van der Waals surface area contributed by atoms with Crippen molar-refractivity contribution in [3.05, 3.63) is 23.3 Å². The minimum atomic E-state index is -0.434. The standard InChI is InChI=1S/C19H27NO4/c1-20-7-6-19-10-16(24-3)14(21)9-12(19)13(20)8-11-4-5-15(23-2)18(22)17(11)19/h4-5,12-14,16,21-22H,6-10H2,1-3H3/t12-,13+,14-,16+,19-/m0/s1. The molecular formula is C19H27NO4. The van der Waals surface area contributed by atoms with Gasteiger partial charge in [0, 0.05) is 24.1 Å². The van der Waals surface area contributed by atoms with Crippen LogP contribution in [0.25, 0.3) is 0 Å². The minimum Gasteiger partial charge on any atom is -0.504 e. The highest BCUT2D eigenvalue weighted by atomic mass is 16.5. The van der Waals surface area contributed by atoms with Crippen LogP contribution in [-0.2, 0) is 16.6 Å². The smallest absolute Gasteiger partial charge is 0.161 e. The van der Waals surface area contributed by atoms with E-state index in [0.29, 0.717) is 17.7 Å². The van der Waals surface area contributed by atoms with Crippen LogP contribution in [-0.4, -0.2) is 61.2 Å². The van der Waals surface area contributed by atoms with E-state index in [1.807, 2.05) is 6.07 Å². The van der Waals surface area contributed by atoms with Crippen molar-refractivity contribution in [3.63, 3.8) is 0 Å². The fraction of sp³-hybridized carbons (Fsp3) is 0.684. The Balaban J connectivity index is 1.91. The van der Waals surface area contributed by atoms with Gasteiger partial charge in [-0.2, -0.15) is 0 Å². The number of likely N-dealkylation sites (tertiary alicyclic amines) is 1. The highest BCUT2D eigenvalue weighted by Gasteiger charge is 2.58. The molecule has 24 heavy (non-hydrogen) atoms. The molecule has 1 aliphatic heterocycles. The van der Waals surface area contributed by atoms with E-state index in [9.17, 15) is 10.2 Å².